The fourth-order valence-corrected chi connectivity index (χ4v) is 9.94. The number of hydrogen-bond acceptors (Lipinski definition) is 6. The van der Waals surface area contributed by atoms with E-state index in [4.69, 9.17) is 16.3 Å². The van der Waals surface area contributed by atoms with Crippen LogP contribution >= 0.6 is 11.6 Å². The summed E-state index contributed by atoms with van der Waals surface area (Å²) in [4.78, 5) is 30.1. The molecule has 1 spiro atoms. The number of aliphatic hydroxyl groups excluding tert-OH is 1. The summed E-state index contributed by atoms with van der Waals surface area (Å²) in [6.45, 7) is 5.88. The summed E-state index contributed by atoms with van der Waals surface area (Å²) in [5.74, 6) is -0.718. The quantitative estimate of drug-likeness (QED) is 0.117. The zero-order chi connectivity index (χ0) is 32.6. The lowest BCUT2D eigenvalue weighted by Gasteiger charge is -2.31. The Labute approximate surface area is 273 Å². The number of hydrogen-bond donors (Lipinski definition) is 1. The van der Waals surface area contributed by atoms with Crippen molar-refractivity contribution in [2.45, 2.75) is 63.2 Å². The molecule has 0 aliphatic carbocycles. The van der Waals surface area contributed by atoms with Gasteiger partial charge in [0.1, 0.15) is 0 Å². The van der Waals surface area contributed by atoms with E-state index < -0.39 is 31.6 Å². The number of aromatic nitrogens is 3. The van der Waals surface area contributed by atoms with Crippen LogP contribution in [0.5, 0.6) is 0 Å². The van der Waals surface area contributed by atoms with Crippen molar-refractivity contribution in [3.8, 4) is 0 Å². The van der Waals surface area contributed by atoms with Crippen molar-refractivity contribution in [1.82, 2.24) is 15.0 Å². The first-order chi connectivity index (χ1) is 22.1. The molecule has 2 amide bonds. The van der Waals surface area contributed by atoms with Crippen LogP contribution in [0.3, 0.4) is 0 Å². The first-order valence-electron chi connectivity index (χ1n) is 15.4. The number of ether oxygens (including phenoxy) is 1. The highest BCUT2D eigenvalue weighted by molar-refractivity contribution is 6.72. The van der Waals surface area contributed by atoms with Crippen LogP contribution in [0.25, 0.3) is 0 Å². The third kappa shape index (κ3) is 5.77. The topological polar surface area (TPSA) is 101 Å². The van der Waals surface area contributed by atoms with Crippen LogP contribution in [0.15, 0.2) is 79.0 Å². The molecule has 2 aliphatic heterocycles. The summed E-state index contributed by atoms with van der Waals surface area (Å²) in [6.07, 6.45) is 2.83. The van der Waals surface area contributed by atoms with Gasteiger partial charge in [0.2, 0.25) is 14.8 Å². The molecule has 12 heteroatoms. The molecule has 1 aromatic heterocycles. The van der Waals surface area contributed by atoms with E-state index in [0.717, 1.165) is 17.7 Å². The average Bonchev–Trinajstić information content (AvgIpc) is 3.67. The Hall–Kier alpha value is -3.90. The van der Waals surface area contributed by atoms with E-state index in [1.807, 2.05) is 67.6 Å². The molecule has 46 heavy (non-hydrogen) atoms. The van der Waals surface area contributed by atoms with Gasteiger partial charge >= 0.3 is 0 Å². The van der Waals surface area contributed by atoms with E-state index in [1.165, 1.54) is 0 Å². The predicted octanol–water partition coefficient (Wildman–Crippen LogP) is 6.17. The second-order valence-corrected chi connectivity index (χ2v) is 16.8. The van der Waals surface area contributed by atoms with Gasteiger partial charge in [0.25, 0.3) is 5.91 Å². The number of aliphatic hydroxyl groups is 1. The Morgan fingerprint density at radius 2 is 1.87 bits per heavy atom. The minimum Gasteiger partial charge on any atom is -0.396 e. The minimum absolute atomic E-state index is 0.0264. The lowest BCUT2D eigenvalue weighted by Crippen LogP contribution is -2.45. The second kappa shape index (κ2) is 12.7. The molecule has 4 aromatic rings. The molecule has 3 aromatic carbocycles. The average molecular weight is 662 g/mol. The maximum atomic E-state index is 16.2. The van der Waals surface area contributed by atoms with Crippen molar-refractivity contribution in [2.75, 3.05) is 16.4 Å². The van der Waals surface area contributed by atoms with Crippen molar-refractivity contribution < 1.29 is 23.5 Å². The van der Waals surface area contributed by atoms with Gasteiger partial charge in [0.15, 0.2) is 5.60 Å². The van der Waals surface area contributed by atoms with Gasteiger partial charge in [-0.3, -0.25) is 19.2 Å². The molecule has 9 nitrogen and oxygen atoms in total. The molecule has 4 atom stereocenters. The van der Waals surface area contributed by atoms with Gasteiger partial charge in [0.05, 0.1) is 24.0 Å². The first kappa shape index (κ1) is 32.1. The molecular weight excluding hydrogens is 625 g/mol. The number of aryl methyl sites for hydroxylation is 1. The van der Waals surface area contributed by atoms with Gasteiger partial charge in [-0.15, -0.1) is 5.10 Å². The molecule has 2 aliphatic rings. The van der Waals surface area contributed by atoms with Gasteiger partial charge in [0, 0.05) is 59.2 Å². The molecular formula is C34H37ClFN5O4Si. The molecule has 1 saturated heterocycles. The Morgan fingerprint density at radius 1 is 1.11 bits per heavy atom. The standard InChI is InChI=1S/C34H37ClFN5O4Si/c1-23-32(46(2,3)36)31(14-16-39-21-26(15-17-42)37-38-39)45-34(23)29-19-25(35)12-13-30(29)40(33(34)44)20-24-8-7-11-28(18-24)41(22-43)27-9-5-4-6-10-27/h4-13,18-19,21-23,31-32,42H,14-17,20H2,1-3H3/t23-,31+,32-,34+/m1/s1. The Balaban J connectivity index is 1.33. The summed E-state index contributed by atoms with van der Waals surface area (Å²) in [6, 6.07) is 22.2. The number of fused-ring (bicyclic) bond motifs is 2. The fraction of sp³-hybridized carbons (Fsp3) is 0.353. The summed E-state index contributed by atoms with van der Waals surface area (Å²) in [7, 11) is -3.35. The van der Waals surface area contributed by atoms with Crippen molar-refractivity contribution in [3.63, 3.8) is 0 Å². The number of amides is 2. The molecule has 1 fully saturated rings. The monoisotopic (exact) mass is 661 g/mol. The highest BCUT2D eigenvalue weighted by Gasteiger charge is 2.66. The lowest BCUT2D eigenvalue weighted by atomic mass is 9.82. The number of halogens is 2. The summed E-state index contributed by atoms with van der Waals surface area (Å²) < 4.78 is 24.7. The molecule has 0 radical (unpaired) electrons. The van der Waals surface area contributed by atoms with Crippen molar-refractivity contribution in [1.29, 1.82) is 0 Å². The van der Waals surface area contributed by atoms with E-state index in [9.17, 15) is 14.7 Å². The molecule has 1 N–H and O–H groups in total. The van der Waals surface area contributed by atoms with Crippen LogP contribution in [0.4, 0.5) is 21.2 Å². The lowest BCUT2D eigenvalue weighted by molar-refractivity contribution is -0.146. The number of rotatable bonds is 11. The molecule has 0 bridgehead atoms. The summed E-state index contributed by atoms with van der Waals surface area (Å²) in [5.41, 5.74) is 2.31. The second-order valence-electron chi connectivity index (χ2n) is 12.5. The molecule has 6 rings (SSSR count). The van der Waals surface area contributed by atoms with E-state index in [-0.39, 0.29) is 19.1 Å². The van der Waals surface area contributed by atoms with Crippen molar-refractivity contribution in [2.24, 2.45) is 5.92 Å². The number of anilines is 3. The van der Waals surface area contributed by atoms with Crippen molar-refractivity contribution in [3.05, 3.63) is 101 Å². The number of para-hydroxylation sites is 1. The van der Waals surface area contributed by atoms with Gasteiger partial charge < -0.3 is 18.9 Å². The van der Waals surface area contributed by atoms with Crippen LogP contribution in [0, 0.1) is 5.92 Å². The van der Waals surface area contributed by atoms with E-state index in [2.05, 4.69) is 10.3 Å². The SMILES string of the molecule is C[C@@H]1[C@@H]([Si](C)(C)F)[C@H](CCn2cc(CCO)nn2)O[C@@]12C(=O)N(Cc1cccc(N(C=O)c3ccccc3)c1)c1ccc(Cl)cc12. The Morgan fingerprint density at radius 3 is 2.59 bits per heavy atom. The van der Waals surface area contributed by atoms with Gasteiger partial charge in [-0.2, -0.15) is 0 Å². The zero-order valence-electron chi connectivity index (χ0n) is 26.0. The Kier molecular flexibility index (Phi) is 8.86. The van der Waals surface area contributed by atoms with Crippen LogP contribution in [-0.2, 0) is 39.4 Å². The maximum Gasteiger partial charge on any atom is 0.264 e. The van der Waals surface area contributed by atoms with E-state index >= 15 is 4.11 Å². The molecule has 0 saturated carbocycles. The van der Waals surface area contributed by atoms with Gasteiger partial charge in [-0.25, -0.2) is 0 Å². The van der Waals surface area contributed by atoms with E-state index in [0.29, 0.717) is 47.0 Å². The number of nitrogens with zero attached hydrogens (tertiary/aromatic N) is 5. The number of carbonyl (C=O) groups excluding carboxylic acids is 2. The third-order valence-electron chi connectivity index (χ3n) is 9.19. The largest absolute Gasteiger partial charge is 0.396 e. The Bertz CT molecular complexity index is 1730. The normalized spacial score (nSPS) is 22.4. The highest BCUT2D eigenvalue weighted by atomic mass is 35.5. The summed E-state index contributed by atoms with van der Waals surface area (Å²) >= 11 is 6.52. The predicted molar refractivity (Wildman–Crippen MR) is 177 cm³/mol. The number of carbonyl (C=O) groups is 2. The number of benzene rings is 3. The first-order valence-corrected chi connectivity index (χ1v) is 18.8. The third-order valence-corrected chi connectivity index (χ3v) is 11.9. The van der Waals surface area contributed by atoms with Crippen molar-refractivity contribution >= 4 is 49.4 Å². The highest BCUT2D eigenvalue weighted by Crippen LogP contribution is 2.60. The maximum absolute atomic E-state index is 16.2. The molecule has 0 unspecified atom stereocenters. The van der Waals surface area contributed by atoms with Crippen LogP contribution in [-0.4, -0.2) is 53.5 Å². The van der Waals surface area contributed by atoms with Gasteiger partial charge in [-0.05, 0) is 67.5 Å². The van der Waals surface area contributed by atoms with Crippen LogP contribution in [0.2, 0.25) is 23.7 Å². The summed E-state index contributed by atoms with van der Waals surface area (Å²) in [5, 5.41) is 18.0. The zero-order valence-corrected chi connectivity index (χ0v) is 27.8. The van der Waals surface area contributed by atoms with E-state index in [1.54, 1.807) is 45.9 Å². The molecule has 240 valence electrons. The smallest absolute Gasteiger partial charge is 0.264 e. The van der Waals surface area contributed by atoms with Gasteiger partial charge in [-0.1, -0.05) is 54.1 Å². The minimum atomic E-state index is -3.35. The molecule has 3 heterocycles. The van der Waals surface area contributed by atoms with Crippen LogP contribution < -0.4 is 9.80 Å². The fourth-order valence-electron chi connectivity index (χ4n) is 7.23. The van der Waals surface area contributed by atoms with Crippen LogP contribution in [0.1, 0.15) is 30.2 Å².